The number of para-hydroxylation sites is 1. The molecule has 26 heavy (non-hydrogen) atoms. The molecule has 1 fully saturated rings. The van der Waals surface area contributed by atoms with Crippen LogP contribution in [-0.2, 0) is 9.84 Å². The van der Waals surface area contributed by atoms with Crippen LogP contribution < -0.4 is 5.32 Å². The number of rotatable bonds is 4. The maximum atomic E-state index is 12.6. The molecular weight excluding hydrogens is 350 g/mol. The number of anilines is 2. The number of nitrogens with zero attached hydrogens (tertiary/aromatic N) is 2. The van der Waals surface area contributed by atoms with E-state index in [0.717, 1.165) is 22.5 Å². The highest BCUT2D eigenvalue weighted by atomic mass is 32.2. The van der Waals surface area contributed by atoms with Crippen LogP contribution >= 0.6 is 0 Å². The van der Waals surface area contributed by atoms with E-state index in [1.54, 1.807) is 19.3 Å². The first kappa shape index (κ1) is 18.4. The predicted molar refractivity (Wildman–Crippen MR) is 103 cm³/mol. The second kappa shape index (κ2) is 7.07. The zero-order chi connectivity index (χ0) is 18.9. The first-order chi connectivity index (χ1) is 12.3. The van der Waals surface area contributed by atoms with E-state index in [0.29, 0.717) is 12.1 Å². The van der Waals surface area contributed by atoms with Gasteiger partial charge in [0.25, 0.3) is 5.91 Å². The summed E-state index contributed by atoms with van der Waals surface area (Å²) < 4.78 is 23.2. The van der Waals surface area contributed by atoms with Gasteiger partial charge in [0, 0.05) is 18.8 Å². The van der Waals surface area contributed by atoms with E-state index in [1.807, 2.05) is 38.1 Å². The lowest BCUT2D eigenvalue weighted by atomic mass is 10.1. The number of aromatic nitrogens is 1. The second-order valence-electron chi connectivity index (χ2n) is 6.80. The lowest BCUT2D eigenvalue weighted by Gasteiger charge is -2.23. The van der Waals surface area contributed by atoms with Crippen molar-refractivity contribution in [1.82, 2.24) is 9.88 Å². The Morgan fingerprint density at radius 1 is 1.19 bits per heavy atom. The number of hydrogen-bond acceptors (Lipinski definition) is 5. The smallest absolute Gasteiger partial charge is 0.272 e. The molecular formula is C19H23N3O3S. The van der Waals surface area contributed by atoms with Gasteiger partial charge >= 0.3 is 0 Å². The molecule has 2 heterocycles. The Balaban J connectivity index is 1.72. The van der Waals surface area contributed by atoms with E-state index in [1.165, 1.54) is 4.90 Å². The molecule has 1 saturated heterocycles. The van der Waals surface area contributed by atoms with E-state index in [2.05, 4.69) is 10.3 Å². The number of carbonyl (C=O) groups is 1. The Morgan fingerprint density at radius 3 is 2.42 bits per heavy atom. The summed E-state index contributed by atoms with van der Waals surface area (Å²) in [6.07, 6.45) is 2.11. The molecule has 7 heteroatoms. The Kier molecular flexibility index (Phi) is 5.00. The molecule has 1 aromatic carbocycles. The third-order valence-corrected chi connectivity index (χ3v) is 6.56. The predicted octanol–water partition coefficient (Wildman–Crippen LogP) is 2.70. The van der Waals surface area contributed by atoms with E-state index < -0.39 is 9.84 Å². The van der Waals surface area contributed by atoms with Gasteiger partial charge in [-0.05, 0) is 43.5 Å². The van der Waals surface area contributed by atoms with Crippen LogP contribution in [0.2, 0.25) is 0 Å². The van der Waals surface area contributed by atoms with Crippen molar-refractivity contribution in [2.45, 2.75) is 26.3 Å². The lowest BCUT2D eigenvalue weighted by molar-refractivity contribution is 0.0742. The minimum absolute atomic E-state index is 0.0292. The van der Waals surface area contributed by atoms with Crippen molar-refractivity contribution in [1.29, 1.82) is 0 Å². The third-order valence-electron chi connectivity index (χ3n) is 4.81. The summed E-state index contributed by atoms with van der Waals surface area (Å²) in [6.45, 7) is 4.07. The largest absolute Gasteiger partial charge is 0.354 e. The van der Waals surface area contributed by atoms with Crippen molar-refractivity contribution in [2.75, 3.05) is 23.9 Å². The molecule has 0 bridgehead atoms. The van der Waals surface area contributed by atoms with Crippen molar-refractivity contribution in [2.24, 2.45) is 0 Å². The highest BCUT2D eigenvalue weighted by molar-refractivity contribution is 7.91. The van der Waals surface area contributed by atoms with E-state index in [-0.39, 0.29) is 23.5 Å². The number of sulfone groups is 1. The fraction of sp³-hybridized carbons (Fsp3) is 0.368. The van der Waals surface area contributed by atoms with Crippen LogP contribution in [-0.4, -0.2) is 48.8 Å². The number of amides is 1. The van der Waals surface area contributed by atoms with Gasteiger partial charge < -0.3 is 10.2 Å². The van der Waals surface area contributed by atoms with Crippen LogP contribution in [0.4, 0.5) is 11.4 Å². The molecule has 0 radical (unpaired) electrons. The number of carbonyl (C=O) groups excluding carboxylic acids is 1. The molecule has 1 aliphatic rings. The number of nitrogens with one attached hydrogen (secondary N) is 1. The topological polar surface area (TPSA) is 79.4 Å². The SMILES string of the molecule is Cc1cccc(C)c1Nc1ccc(C(=O)N(C)C2CCS(=O)(=O)C2)nc1. The second-order valence-corrected chi connectivity index (χ2v) is 9.03. The standard InChI is InChI=1S/C19H23N3O3S/c1-13-5-4-6-14(2)18(13)21-15-7-8-17(20-11-15)19(23)22(3)16-9-10-26(24,25)12-16/h4-8,11,16,21H,9-10,12H2,1-3H3. The number of benzene rings is 1. The molecule has 6 nitrogen and oxygen atoms in total. The summed E-state index contributed by atoms with van der Waals surface area (Å²) in [7, 11) is -1.39. The Hall–Kier alpha value is -2.41. The maximum absolute atomic E-state index is 12.6. The number of hydrogen-bond donors (Lipinski definition) is 1. The first-order valence-electron chi connectivity index (χ1n) is 8.54. The van der Waals surface area contributed by atoms with Gasteiger partial charge in [-0.1, -0.05) is 18.2 Å². The summed E-state index contributed by atoms with van der Waals surface area (Å²) in [4.78, 5) is 18.3. The van der Waals surface area contributed by atoms with Crippen molar-refractivity contribution in [3.63, 3.8) is 0 Å². The molecule has 1 aliphatic heterocycles. The van der Waals surface area contributed by atoms with Crippen LogP contribution in [0.15, 0.2) is 36.5 Å². The molecule has 2 aromatic rings. The molecule has 1 aromatic heterocycles. The minimum atomic E-state index is -3.03. The van der Waals surface area contributed by atoms with E-state index in [4.69, 9.17) is 0 Å². The lowest BCUT2D eigenvalue weighted by Crippen LogP contribution is -2.38. The highest BCUT2D eigenvalue weighted by Gasteiger charge is 2.33. The summed E-state index contributed by atoms with van der Waals surface area (Å²) in [6, 6.07) is 9.27. The van der Waals surface area contributed by atoms with Crippen molar-refractivity contribution >= 4 is 27.1 Å². The average Bonchev–Trinajstić information content (AvgIpc) is 2.97. The van der Waals surface area contributed by atoms with Crippen LogP contribution in [0.1, 0.15) is 28.0 Å². The van der Waals surface area contributed by atoms with Crippen LogP contribution in [0.5, 0.6) is 0 Å². The monoisotopic (exact) mass is 373 g/mol. The molecule has 1 atom stereocenters. The molecule has 1 N–H and O–H groups in total. The van der Waals surface area contributed by atoms with Crippen LogP contribution in [0.25, 0.3) is 0 Å². The molecule has 138 valence electrons. The fourth-order valence-electron chi connectivity index (χ4n) is 3.18. The Morgan fingerprint density at radius 2 is 1.88 bits per heavy atom. The Bertz CT molecular complexity index is 903. The molecule has 1 unspecified atom stereocenters. The van der Waals surface area contributed by atoms with Crippen LogP contribution in [0, 0.1) is 13.8 Å². The summed E-state index contributed by atoms with van der Waals surface area (Å²) >= 11 is 0. The molecule has 0 aliphatic carbocycles. The zero-order valence-electron chi connectivity index (χ0n) is 15.2. The minimum Gasteiger partial charge on any atom is -0.354 e. The van der Waals surface area contributed by atoms with Crippen molar-refractivity contribution in [3.05, 3.63) is 53.3 Å². The van der Waals surface area contributed by atoms with E-state index >= 15 is 0 Å². The van der Waals surface area contributed by atoms with Gasteiger partial charge in [-0.3, -0.25) is 4.79 Å². The number of pyridine rings is 1. The third kappa shape index (κ3) is 3.88. The normalized spacial score (nSPS) is 18.5. The molecule has 1 amide bonds. The van der Waals surface area contributed by atoms with Gasteiger partial charge in [-0.25, -0.2) is 13.4 Å². The average molecular weight is 373 g/mol. The quantitative estimate of drug-likeness (QED) is 0.891. The van der Waals surface area contributed by atoms with Gasteiger partial charge in [0.2, 0.25) is 0 Å². The zero-order valence-corrected chi connectivity index (χ0v) is 16.0. The molecule has 0 spiro atoms. The van der Waals surface area contributed by atoms with E-state index in [9.17, 15) is 13.2 Å². The molecule has 3 rings (SSSR count). The molecule has 0 saturated carbocycles. The van der Waals surface area contributed by atoms with Gasteiger partial charge in [-0.2, -0.15) is 0 Å². The van der Waals surface area contributed by atoms with Crippen LogP contribution in [0.3, 0.4) is 0 Å². The Labute approximate surface area is 154 Å². The van der Waals surface area contributed by atoms with Gasteiger partial charge in [-0.15, -0.1) is 0 Å². The highest BCUT2D eigenvalue weighted by Crippen LogP contribution is 2.24. The van der Waals surface area contributed by atoms with Gasteiger partial charge in [0.05, 0.1) is 23.4 Å². The van der Waals surface area contributed by atoms with Crippen molar-refractivity contribution in [3.8, 4) is 0 Å². The number of aryl methyl sites for hydroxylation is 2. The van der Waals surface area contributed by atoms with Gasteiger partial charge in [0.15, 0.2) is 9.84 Å². The first-order valence-corrected chi connectivity index (χ1v) is 10.4. The summed E-state index contributed by atoms with van der Waals surface area (Å²) in [5.41, 5.74) is 4.40. The summed E-state index contributed by atoms with van der Waals surface area (Å²) in [5, 5.41) is 3.33. The van der Waals surface area contributed by atoms with Gasteiger partial charge in [0.1, 0.15) is 5.69 Å². The maximum Gasteiger partial charge on any atom is 0.272 e. The van der Waals surface area contributed by atoms with Crippen molar-refractivity contribution < 1.29 is 13.2 Å². The summed E-state index contributed by atoms with van der Waals surface area (Å²) in [5.74, 6) is -0.0892. The fourth-order valence-corrected chi connectivity index (χ4v) is 4.95.